The van der Waals surface area contributed by atoms with E-state index in [0.717, 1.165) is 0 Å². The quantitative estimate of drug-likeness (QED) is 0.506. The fourth-order valence-electron chi connectivity index (χ4n) is 3.30. The second-order valence-electron chi connectivity index (χ2n) is 8.34. The van der Waals surface area contributed by atoms with Gasteiger partial charge in [-0.05, 0) is 39.0 Å². The molecule has 0 aliphatic carbocycles. The predicted molar refractivity (Wildman–Crippen MR) is 111 cm³/mol. The highest BCUT2D eigenvalue weighted by molar-refractivity contribution is 5.82. The SMILES string of the molecule is C=CC(F)(F)c1nc2ccccc2nc1O[C@H]1C[C@H](C(=O)OC)N(C(=O)OC(C)(C)C)C1. The molecule has 8 nitrogen and oxygen atoms in total. The van der Waals surface area contributed by atoms with E-state index in [0.29, 0.717) is 11.6 Å². The van der Waals surface area contributed by atoms with Gasteiger partial charge >= 0.3 is 18.0 Å². The Morgan fingerprint density at radius 3 is 2.38 bits per heavy atom. The summed E-state index contributed by atoms with van der Waals surface area (Å²) in [5.74, 6) is -4.56. The minimum Gasteiger partial charge on any atom is -0.471 e. The zero-order chi connectivity index (χ0) is 23.7. The highest BCUT2D eigenvalue weighted by Crippen LogP contribution is 2.36. The van der Waals surface area contributed by atoms with Gasteiger partial charge in [0.25, 0.3) is 0 Å². The average molecular weight is 449 g/mol. The number of esters is 1. The maximum atomic E-state index is 14.5. The van der Waals surface area contributed by atoms with Crippen molar-refractivity contribution in [3.05, 3.63) is 42.6 Å². The summed E-state index contributed by atoms with van der Waals surface area (Å²) in [6.45, 7) is 8.17. The van der Waals surface area contributed by atoms with E-state index >= 15 is 0 Å². The van der Waals surface area contributed by atoms with Crippen LogP contribution in [0.25, 0.3) is 11.0 Å². The number of benzene rings is 1. The molecule has 0 N–H and O–H groups in total. The van der Waals surface area contributed by atoms with Gasteiger partial charge in [0.15, 0.2) is 5.69 Å². The molecule has 0 unspecified atom stereocenters. The Hall–Kier alpha value is -3.30. The summed E-state index contributed by atoms with van der Waals surface area (Å²) in [5, 5.41) is 0. The van der Waals surface area contributed by atoms with Crippen molar-refractivity contribution in [2.45, 2.75) is 50.9 Å². The molecule has 32 heavy (non-hydrogen) atoms. The largest absolute Gasteiger partial charge is 0.471 e. The van der Waals surface area contributed by atoms with Gasteiger partial charge in [0.1, 0.15) is 17.7 Å². The molecule has 1 amide bonds. The Kier molecular flexibility index (Phi) is 6.34. The fourth-order valence-corrected chi connectivity index (χ4v) is 3.30. The molecule has 2 aromatic rings. The third kappa shape index (κ3) is 4.95. The van der Waals surface area contributed by atoms with Gasteiger partial charge in [-0.25, -0.2) is 19.6 Å². The zero-order valence-corrected chi connectivity index (χ0v) is 18.3. The van der Waals surface area contributed by atoms with Gasteiger partial charge in [-0.15, -0.1) is 0 Å². The lowest BCUT2D eigenvalue weighted by Crippen LogP contribution is -2.44. The van der Waals surface area contributed by atoms with Crippen molar-refractivity contribution in [2.24, 2.45) is 0 Å². The number of likely N-dealkylation sites (tertiary alicyclic amines) is 1. The third-order valence-corrected chi connectivity index (χ3v) is 4.75. The van der Waals surface area contributed by atoms with Crippen LogP contribution in [0.3, 0.4) is 0 Å². The molecule has 2 atom stereocenters. The Morgan fingerprint density at radius 1 is 1.19 bits per heavy atom. The maximum absolute atomic E-state index is 14.5. The number of hydrogen-bond acceptors (Lipinski definition) is 7. The molecule has 2 heterocycles. The molecule has 1 aromatic carbocycles. The number of amides is 1. The molecule has 10 heteroatoms. The van der Waals surface area contributed by atoms with E-state index in [2.05, 4.69) is 16.5 Å². The van der Waals surface area contributed by atoms with E-state index in [-0.39, 0.29) is 18.5 Å². The van der Waals surface area contributed by atoms with Crippen molar-refractivity contribution in [1.29, 1.82) is 0 Å². The Bertz CT molecular complexity index is 1040. The number of methoxy groups -OCH3 is 1. The third-order valence-electron chi connectivity index (χ3n) is 4.75. The summed E-state index contributed by atoms with van der Waals surface area (Å²) in [5.41, 5.74) is -0.862. The number of halogens is 2. The minimum absolute atomic E-state index is 0.0134. The number of hydrogen-bond donors (Lipinski definition) is 0. The number of fused-ring (bicyclic) bond motifs is 1. The summed E-state index contributed by atoms with van der Waals surface area (Å²) in [4.78, 5) is 34.3. The number of ether oxygens (including phenoxy) is 3. The van der Waals surface area contributed by atoms with Crippen LogP contribution in [-0.2, 0) is 20.2 Å². The molecule has 1 saturated heterocycles. The van der Waals surface area contributed by atoms with Crippen molar-refractivity contribution in [2.75, 3.05) is 13.7 Å². The first kappa shape index (κ1) is 23.4. The van der Waals surface area contributed by atoms with Crippen molar-refractivity contribution < 1.29 is 32.6 Å². The standard InChI is InChI=1S/C22H25F2N3O5/c1-6-22(23,24)17-18(26-15-10-8-7-9-14(15)25-17)31-13-11-16(19(28)30-5)27(12-13)20(29)32-21(2,3)4/h6-10,13,16H,1,11-12H2,2-5H3/t13-,16+/m0/s1. The minimum atomic E-state index is -3.50. The van der Waals surface area contributed by atoms with Gasteiger partial charge in [-0.1, -0.05) is 18.7 Å². The number of aromatic nitrogens is 2. The second-order valence-corrected chi connectivity index (χ2v) is 8.34. The molecule has 0 spiro atoms. The molecular weight excluding hydrogens is 424 g/mol. The lowest BCUT2D eigenvalue weighted by Gasteiger charge is -2.27. The zero-order valence-electron chi connectivity index (χ0n) is 18.3. The van der Waals surface area contributed by atoms with Crippen LogP contribution in [0, 0.1) is 0 Å². The first-order valence-corrected chi connectivity index (χ1v) is 9.98. The molecule has 1 aliphatic rings. The molecule has 1 aromatic heterocycles. The first-order chi connectivity index (χ1) is 14.9. The summed E-state index contributed by atoms with van der Waals surface area (Å²) in [6, 6.07) is 5.53. The van der Waals surface area contributed by atoms with Gasteiger partial charge in [0.05, 0.1) is 24.7 Å². The van der Waals surface area contributed by atoms with Crippen LogP contribution in [-0.4, -0.2) is 58.3 Å². The summed E-state index contributed by atoms with van der Waals surface area (Å²) < 4.78 is 45.0. The van der Waals surface area contributed by atoms with Crippen LogP contribution in [0.1, 0.15) is 32.9 Å². The number of carbonyl (C=O) groups is 2. The van der Waals surface area contributed by atoms with E-state index in [1.165, 1.54) is 12.0 Å². The van der Waals surface area contributed by atoms with E-state index in [1.54, 1.807) is 45.0 Å². The summed E-state index contributed by atoms with van der Waals surface area (Å²) in [7, 11) is 1.20. The van der Waals surface area contributed by atoms with Crippen LogP contribution in [0.2, 0.25) is 0 Å². The van der Waals surface area contributed by atoms with Crippen LogP contribution >= 0.6 is 0 Å². The number of nitrogens with zero attached hydrogens (tertiary/aromatic N) is 3. The average Bonchev–Trinajstić information content (AvgIpc) is 3.15. The Balaban J connectivity index is 1.94. The van der Waals surface area contributed by atoms with Gasteiger partial charge < -0.3 is 14.2 Å². The van der Waals surface area contributed by atoms with E-state index in [9.17, 15) is 18.4 Å². The lowest BCUT2D eigenvalue weighted by atomic mass is 10.2. The van der Waals surface area contributed by atoms with Gasteiger partial charge in [0, 0.05) is 6.42 Å². The van der Waals surface area contributed by atoms with Crippen molar-refractivity contribution in [3.8, 4) is 5.88 Å². The monoisotopic (exact) mass is 449 g/mol. The van der Waals surface area contributed by atoms with Crippen molar-refractivity contribution in [3.63, 3.8) is 0 Å². The van der Waals surface area contributed by atoms with Crippen molar-refractivity contribution >= 4 is 23.1 Å². The summed E-state index contributed by atoms with van der Waals surface area (Å²) in [6.07, 6.45) is -1.08. The molecular formula is C22H25F2N3O5. The molecule has 0 radical (unpaired) electrons. The van der Waals surface area contributed by atoms with Crippen LogP contribution in [0.15, 0.2) is 36.9 Å². The number of rotatable bonds is 5. The van der Waals surface area contributed by atoms with Crippen LogP contribution in [0.4, 0.5) is 13.6 Å². The predicted octanol–water partition coefficient (Wildman–Crippen LogP) is 3.84. The second kappa shape index (κ2) is 8.68. The molecule has 3 rings (SSSR count). The van der Waals surface area contributed by atoms with E-state index in [1.807, 2.05) is 0 Å². The molecule has 0 bridgehead atoms. The highest BCUT2D eigenvalue weighted by atomic mass is 19.3. The number of para-hydroxylation sites is 2. The smallest absolute Gasteiger partial charge is 0.411 e. The van der Waals surface area contributed by atoms with Crippen LogP contribution < -0.4 is 4.74 Å². The fraction of sp³-hybridized carbons (Fsp3) is 0.455. The molecule has 0 saturated carbocycles. The molecule has 1 fully saturated rings. The maximum Gasteiger partial charge on any atom is 0.411 e. The van der Waals surface area contributed by atoms with Gasteiger partial charge in [0.2, 0.25) is 5.88 Å². The number of carbonyl (C=O) groups excluding carboxylic acids is 2. The number of allylic oxidation sites excluding steroid dienone is 1. The normalized spacial score (nSPS) is 19.0. The van der Waals surface area contributed by atoms with Crippen LogP contribution in [0.5, 0.6) is 5.88 Å². The van der Waals surface area contributed by atoms with E-state index < -0.39 is 47.3 Å². The van der Waals surface area contributed by atoms with E-state index in [4.69, 9.17) is 14.2 Å². The Labute approximate surface area is 184 Å². The van der Waals surface area contributed by atoms with Crippen molar-refractivity contribution in [1.82, 2.24) is 14.9 Å². The van der Waals surface area contributed by atoms with Gasteiger partial charge in [-0.2, -0.15) is 8.78 Å². The summed E-state index contributed by atoms with van der Waals surface area (Å²) >= 11 is 0. The Morgan fingerprint density at radius 2 is 1.81 bits per heavy atom. The van der Waals surface area contributed by atoms with Gasteiger partial charge in [-0.3, -0.25) is 4.90 Å². The highest BCUT2D eigenvalue weighted by Gasteiger charge is 2.44. The lowest BCUT2D eigenvalue weighted by molar-refractivity contribution is -0.145. The number of alkyl halides is 2. The first-order valence-electron chi connectivity index (χ1n) is 9.98. The molecule has 1 aliphatic heterocycles. The molecule has 172 valence electrons. The topological polar surface area (TPSA) is 90.9 Å².